The highest BCUT2D eigenvalue weighted by molar-refractivity contribution is 5.91. The zero-order valence-electron chi connectivity index (χ0n) is 33.1. The molecule has 3 rings (SSSR count). The van der Waals surface area contributed by atoms with Gasteiger partial charge < -0.3 is 30.1 Å². The molecule has 0 spiro atoms. The molecule has 2 heterocycles. The highest BCUT2D eigenvalue weighted by atomic mass is 16.5. The fourth-order valence-electron chi connectivity index (χ4n) is 2.31. The number of hydrogen-bond acceptors (Lipinski definition) is 8. The summed E-state index contributed by atoms with van der Waals surface area (Å²) in [6, 6.07) is 1.43. The largest absolute Gasteiger partial charge is 0.493 e. The molecule has 1 saturated heterocycles. The smallest absolute Gasteiger partial charge is 0.249 e. The van der Waals surface area contributed by atoms with E-state index in [9.17, 15) is 4.79 Å². The number of carbonyl (C=O) groups is 1. The van der Waals surface area contributed by atoms with Crippen LogP contribution in [0, 0.1) is 0 Å². The van der Waals surface area contributed by atoms with Gasteiger partial charge in [-0.1, -0.05) is 0 Å². The number of carbonyl (C=O) groups excluding carboxylic acids is 1. The Balaban J connectivity index is 2.28. The molecule has 1 amide bonds. The maximum absolute atomic E-state index is 12.8. The van der Waals surface area contributed by atoms with Crippen LogP contribution in [0.4, 0.5) is 11.8 Å². The summed E-state index contributed by atoms with van der Waals surface area (Å²) in [7, 11) is -6.40. The molecule has 1 aromatic heterocycles. The van der Waals surface area contributed by atoms with Gasteiger partial charge in [0.15, 0.2) is 15.7 Å². The molecular weight excluding hydrogens is 362 g/mol. The topological polar surface area (TPSA) is 112 Å². The number of aromatic nitrogens is 2. The average molecular weight is 409 g/mol. The first-order valence-electron chi connectivity index (χ1n) is 17.1. The number of nitrogens with zero attached hydrogens (tertiary/aromatic N) is 3. The van der Waals surface area contributed by atoms with Crippen LogP contribution in [0.3, 0.4) is 0 Å². The summed E-state index contributed by atoms with van der Waals surface area (Å²) in [6.07, 6.45) is -6.81. The van der Waals surface area contributed by atoms with E-state index in [0.717, 1.165) is 6.07 Å². The van der Waals surface area contributed by atoms with Gasteiger partial charge in [-0.25, -0.2) is 4.98 Å². The Labute approximate surface area is 191 Å². The number of methoxy groups -OCH3 is 2. The van der Waals surface area contributed by atoms with Crippen molar-refractivity contribution in [2.45, 2.75) is 25.3 Å². The summed E-state index contributed by atoms with van der Waals surface area (Å²) >= 11 is 0. The molecular formula is C19H27N5O4. The van der Waals surface area contributed by atoms with Crippen LogP contribution in [-0.2, 0) is 9.53 Å². The maximum atomic E-state index is 12.8. The van der Waals surface area contributed by atoms with E-state index in [4.69, 9.17) is 40.4 Å². The monoisotopic (exact) mass is 408 g/mol. The Hall–Kier alpha value is -2.81. The molecule has 2 aromatic rings. The van der Waals surface area contributed by atoms with E-state index < -0.39 is 96.8 Å². The number of nitrogens with one attached hydrogen (secondary N) is 1. The van der Waals surface area contributed by atoms with Crippen LogP contribution in [0.5, 0.6) is 11.5 Å². The second-order valence-corrected chi connectivity index (χ2v) is 5.34. The number of benzene rings is 1. The Kier molecular flexibility index (Phi) is 2.20. The molecule has 28 heavy (non-hydrogen) atoms. The van der Waals surface area contributed by atoms with Crippen molar-refractivity contribution in [3.05, 3.63) is 12.1 Å². The van der Waals surface area contributed by atoms with Crippen molar-refractivity contribution in [2.24, 2.45) is 0 Å². The van der Waals surface area contributed by atoms with Gasteiger partial charge in [-0.3, -0.25) is 4.79 Å². The molecule has 0 aliphatic carbocycles. The van der Waals surface area contributed by atoms with E-state index in [0.29, 0.717) is 6.07 Å². The van der Waals surface area contributed by atoms with E-state index in [2.05, 4.69) is 9.97 Å². The van der Waals surface area contributed by atoms with E-state index in [1.54, 1.807) is 0 Å². The lowest BCUT2D eigenvalue weighted by Gasteiger charge is -2.19. The maximum Gasteiger partial charge on any atom is 0.249 e. The summed E-state index contributed by atoms with van der Waals surface area (Å²) in [5.41, 5.74) is -0.857. The van der Waals surface area contributed by atoms with Gasteiger partial charge in [0.05, 0.1) is 29.2 Å². The second kappa shape index (κ2) is 8.92. The van der Waals surface area contributed by atoms with Crippen LogP contribution >= 0.6 is 0 Å². The number of fused-ring (bicyclic) bond motifs is 1. The Morgan fingerprint density at radius 2 is 2.39 bits per heavy atom. The molecule has 1 fully saturated rings. The van der Waals surface area contributed by atoms with Gasteiger partial charge in [0.2, 0.25) is 11.9 Å². The van der Waals surface area contributed by atoms with Crippen LogP contribution < -0.4 is 25.4 Å². The molecule has 0 bridgehead atoms. The van der Waals surface area contributed by atoms with Gasteiger partial charge in [-0.2, -0.15) is 4.98 Å². The second-order valence-electron chi connectivity index (χ2n) is 5.34. The number of amides is 1. The van der Waals surface area contributed by atoms with Gasteiger partial charge in [0.25, 0.3) is 0 Å². The lowest BCUT2D eigenvalue weighted by atomic mass is 10.2. The summed E-state index contributed by atoms with van der Waals surface area (Å²) in [5.74, 6) is -5.52. The molecule has 3 N–H and O–H groups in total. The summed E-state index contributed by atoms with van der Waals surface area (Å²) in [4.78, 5) is 19.9. The van der Waals surface area contributed by atoms with Crippen LogP contribution in [0.1, 0.15) is 41.1 Å². The van der Waals surface area contributed by atoms with Crippen molar-refractivity contribution >= 4 is 28.6 Å². The number of nitrogens with two attached hydrogens (primary N) is 1. The number of rotatable bonds is 9. The molecule has 1 aliphatic heterocycles. The quantitative estimate of drug-likeness (QED) is 0.639. The minimum absolute atomic E-state index is 0.111. The molecule has 1 aromatic carbocycles. The third kappa shape index (κ3) is 4.36. The van der Waals surface area contributed by atoms with Crippen molar-refractivity contribution in [2.75, 3.05) is 51.3 Å². The summed E-state index contributed by atoms with van der Waals surface area (Å²) < 4.78 is 165. The predicted octanol–water partition coefficient (Wildman–Crippen LogP) is 1.35. The molecule has 1 aliphatic rings. The van der Waals surface area contributed by atoms with Crippen LogP contribution in [-0.4, -0.2) is 62.6 Å². The van der Waals surface area contributed by atoms with E-state index in [1.165, 1.54) is 0 Å². The van der Waals surface area contributed by atoms with Crippen LogP contribution in [0.15, 0.2) is 12.1 Å². The lowest BCUT2D eigenvalue weighted by Crippen LogP contribution is -2.36. The average Bonchev–Trinajstić information content (AvgIpc) is 3.32. The Bertz CT molecular complexity index is 1490. The number of ether oxygens (including phenoxy) is 3. The molecule has 9 nitrogen and oxygen atoms in total. The first-order valence-corrected chi connectivity index (χ1v) is 7.76. The summed E-state index contributed by atoms with van der Waals surface area (Å²) in [6.45, 7) is -12.1. The first-order chi connectivity index (χ1) is 21.0. The van der Waals surface area contributed by atoms with E-state index in [1.807, 2.05) is 0 Å². The third-order valence-electron chi connectivity index (χ3n) is 3.59. The van der Waals surface area contributed by atoms with Crippen LogP contribution in [0.25, 0.3) is 10.9 Å². The number of anilines is 2. The fourth-order valence-corrected chi connectivity index (χ4v) is 2.31. The van der Waals surface area contributed by atoms with E-state index in [-0.39, 0.29) is 25.2 Å². The van der Waals surface area contributed by atoms with Crippen molar-refractivity contribution < 1.29 is 45.2 Å². The first kappa shape index (κ1) is 6.91. The zero-order chi connectivity index (χ0) is 36.3. The highest BCUT2D eigenvalue weighted by Crippen LogP contribution is 2.33. The molecule has 0 saturated carbocycles. The highest BCUT2D eigenvalue weighted by Gasteiger charge is 2.22. The van der Waals surface area contributed by atoms with E-state index >= 15 is 0 Å². The third-order valence-corrected chi connectivity index (χ3v) is 3.59. The lowest BCUT2D eigenvalue weighted by molar-refractivity contribution is -0.130. The molecule has 1 atom stereocenters. The predicted molar refractivity (Wildman–Crippen MR) is 107 cm³/mol. The molecule has 152 valence electrons. The van der Waals surface area contributed by atoms with Gasteiger partial charge in [0, 0.05) is 50.4 Å². The minimum Gasteiger partial charge on any atom is -0.493 e. The van der Waals surface area contributed by atoms with Crippen molar-refractivity contribution in [1.82, 2.24) is 15.3 Å². The minimum atomic E-state index is -4.17. The normalized spacial score (nSPS) is 31.5. The van der Waals surface area contributed by atoms with Gasteiger partial charge >= 0.3 is 0 Å². The fraction of sp³-hybridized carbons (Fsp3) is 0.526. The molecule has 0 radical (unpaired) electrons. The Morgan fingerprint density at radius 1 is 1.54 bits per heavy atom. The van der Waals surface area contributed by atoms with Gasteiger partial charge in [-0.15, -0.1) is 0 Å². The van der Waals surface area contributed by atoms with Crippen LogP contribution in [0.2, 0.25) is 4.24 Å². The van der Waals surface area contributed by atoms with Gasteiger partial charge in [-0.05, 0) is 25.3 Å². The molecule has 9 heteroatoms. The Morgan fingerprint density at radius 3 is 3.11 bits per heavy atom. The SMILES string of the molecule is [2H]N([2H])c1nc(N(C([2H])([2H])[2H])C([2H])([2H])C([2H])([2H])C([2H])([2H])N([2H])C(=O)C2([2H])CCCO2)nc2cc(OC([2H])([2H])[2H])c(OC([2H])([2H])[2H])cc12. The van der Waals surface area contributed by atoms with Crippen molar-refractivity contribution in [1.29, 1.82) is 0 Å². The van der Waals surface area contributed by atoms with Gasteiger partial charge in [0.1, 0.15) is 11.9 Å². The number of nitrogen functional groups attached to an aromatic ring is 1. The standard InChI is InChI=1S/C19H27N5O4/c1-24(8-5-7-21-18(25)14-6-4-9-28-14)19-22-13-11-16(27-3)15(26-2)10-12(13)17(20)23-19/h10-11,14H,4-9H2,1-3H3,(H,21,25)(H2,20,22,23)/i1D3,2D3,3D3,5D2,7D2,8D2,14D/hD3. The summed E-state index contributed by atoms with van der Waals surface area (Å²) in [5, 5.41) is -1.12. The van der Waals surface area contributed by atoms with Crippen molar-refractivity contribution in [3.8, 4) is 11.5 Å². The van der Waals surface area contributed by atoms with Crippen molar-refractivity contribution in [3.63, 3.8) is 0 Å². The number of hydrogen-bond donors (Lipinski definition) is 2. The molecule has 1 unspecified atom stereocenters. The zero-order valence-corrected chi connectivity index (χ0v) is 14.1.